The average molecular weight is 1620 g/mol. The van der Waals surface area contributed by atoms with Crippen LogP contribution in [-0.4, -0.2) is 33.0 Å². The normalized spacial score (nSPS) is 13.1. The second-order valence-electron chi connectivity index (χ2n) is 30.4. The molecule has 18 rings (SSSR count). The molecule has 0 fully saturated rings. The first kappa shape index (κ1) is 79.6. The van der Waals surface area contributed by atoms with Crippen LogP contribution in [0.3, 0.4) is 0 Å². The molecule has 0 amide bonds. The number of anilines is 6. The van der Waals surface area contributed by atoms with Crippen molar-refractivity contribution in [2.45, 2.75) is 56.5 Å². The van der Waals surface area contributed by atoms with Crippen LogP contribution < -0.4 is 9.80 Å². The Bertz CT molecular complexity index is 6290. The fraction of sp³-hybridized carbons (Fsp3) is 0.0891. The Balaban J connectivity index is 0.000000149. The summed E-state index contributed by atoms with van der Waals surface area (Å²) in [7, 11) is -12.9. The van der Waals surface area contributed by atoms with Gasteiger partial charge in [0.1, 0.15) is 5.75 Å². The van der Waals surface area contributed by atoms with Gasteiger partial charge in [0.2, 0.25) is 0 Å². The highest BCUT2D eigenvalue weighted by atomic mass is 32.2. The first-order chi connectivity index (χ1) is 57.0. The van der Waals surface area contributed by atoms with Gasteiger partial charge in [-0.05, 0) is 254 Å². The molecular weight excluding hydrogens is 1550 g/mol. The lowest BCUT2D eigenvalue weighted by atomic mass is 9.81. The number of nitrogens with zero attached hydrogens (tertiary/aromatic N) is 2. The Kier molecular flexibility index (Phi) is 21.4. The monoisotopic (exact) mass is 1620 g/mol. The highest BCUT2D eigenvalue weighted by molar-refractivity contribution is 7.88. The maximum absolute atomic E-state index is 11.5. The number of halogens is 6. The van der Waals surface area contributed by atoms with Crippen LogP contribution in [0, 0.1) is 6.92 Å². The molecule has 0 saturated heterocycles. The molecule has 0 unspecified atom stereocenters. The summed E-state index contributed by atoms with van der Waals surface area (Å²) < 4.78 is 113. The maximum atomic E-state index is 11.5. The summed E-state index contributed by atoms with van der Waals surface area (Å²) in [4.78, 5) is 4.75. The Morgan fingerprint density at radius 3 is 0.840 bits per heavy atom. The molecule has 10 nitrogen and oxygen atoms in total. The third-order valence-electron chi connectivity index (χ3n) is 22.1. The average Bonchev–Trinajstić information content (AvgIpc) is 1.58. The van der Waals surface area contributed by atoms with Crippen LogP contribution in [0.4, 0.5) is 60.5 Å². The van der Waals surface area contributed by atoms with E-state index in [1.54, 1.807) is 12.1 Å². The predicted octanol–water partition coefficient (Wildman–Crippen LogP) is 27.8. The van der Waals surface area contributed by atoms with E-state index in [4.69, 9.17) is 0 Å². The van der Waals surface area contributed by atoms with E-state index in [0.717, 1.165) is 45.3 Å². The van der Waals surface area contributed by atoms with Gasteiger partial charge in [-0.15, -0.1) is 0 Å². The molecule has 0 bridgehead atoms. The second kappa shape index (κ2) is 32.0. The Hall–Kier alpha value is -13.2. The first-order valence-corrected chi connectivity index (χ1v) is 41.1. The highest BCUT2D eigenvalue weighted by Crippen LogP contribution is 2.54. The summed E-state index contributed by atoms with van der Waals surface area (Å²) in [6.45, 7) is 11.6. The van der Waals surface area contributed by atoms with E-state index < -0.39 is 31.3 Å². The molecule has 1 N–H and O–H groups in total. The van der Waals surface area contributed by atoms with Crippen molar-refractivity contribution in [2.75, 3.05) is 9.80 Å². The Morgan fingerprint density at radius 2 is 0.513 bits per heavy atom. The molecule has 0 atom stereocenters. The van der Waals surface area contributed by atoms with Gasteiger partial charge in [0.15, 0.2) is 0 Å². The molecule has 0 spiro atoms. The molecule has 16 aromatic carbocycles. The van der Waals surface area contributed by atoms with Crippen molar-refractivity contribution in [2.24, 2.45) is 0 Å². The standard InChI is InChI=1S/C50H39N.C49H37NO.C2F6O7S2/c1-34-13-15-37(16-14-34)39-21-26-44(27-22-39)51(43-24-19-38(20-25-43)35-9-5-4-6-10-35)45-28-30-47-46-29-23-42(32-48(46)50(2,3)49(47)33-45)41-18-17-36-11-7-8-12-40(36)31-41;1-49(2)47-31-40(39-13-12-34-10-6-7-11-38(34)30-39)20-28-45(47)46-29-25-43(32-48(46)49)50(41-21-14-35(15-22-41)33-8-4-3-5-9-33)42-23-16-36(17-24-42)37-18-26-44(51)27-19-37;3-1(4,5)16(9,10)14-13-15-17(11,12)2(6,7)8/h4-33H,1-3H3;3-32,51H,1-2H3;. The third-order valence-corrected chi connectivity index (χ3v) is 23.7. The van der Waals surface area contributed by atoms with E-state index in [-0.39, 0.29) is 16.6 Å². The number of phenolic OH excluding ortho intramolecular Hbond substituents is 1. The molecule has 16 aromatic rings. The quantitative estimate of drug-likeness (QED) is 0.0433. The fourth-order valence-electron chi connectivity index (χ4n) is 15.8. The zero-order chi connectivity index (χ0) is 83.2. The molecule has 0 aliphatic heterocycles. The summed E-state index contributed by atoms with van der Waals surface area (Å²) in [5.41, 5.74) is 20.7. The topological polar surface area (TPSA) is 123 Å². The van der Waals surface area contributed by atoms with Gasteiger partial charge >= 0.3 is 31.3 Å². The van der Waals surface area contributed by atoms with Crippen molar-refractivity contribution in [1.29, 1.82) is 0 Å². The van der Waals surface area contributed by atoms with Crippen LogP contribution >= 0.6 is 0 Å². The third kappa shape index (κ3) is 16.3. The lowest BCUT2D eigenvalue weighted by Crippen LogP contribution is -2.29. The number of aryl methyl sites for hydroxylation is 1. The molecule has 2 aliphatic rings. The predicted molar refractivity (Wildman–Crippen MR) is 465 cm³/mol. The molecule has 0 heterocycles. The van der Waals surface area contributed by atoms with Gasteiger partial charge in [0.25, 0.3) is 0 Å². The van der Waals surface area contributed by atoms with Crippen LogP contribution in [-0.2, 0) is 44.8 Å². The Labute approximate surface area is 686 Å². The van der Waals surface area contributed by atoms with Gasteiger partial charge < -0.3 is 14.9 Å². The summed E-state index contributed by atoms with van der Waals surface area (Å²) in [6, 6.07) is 132. The van der Waals surface area contributed by atoms with Crippen molar-refractivity contribution >= 4 is 75.9 Å². The van der Waals surface area contributed by atoms with Gasteiger partial charge in [-0.2, -0.15) is 43.2 Å². The molecule has 2 aliphatic carbocycles. The van der Waals surface area contributed by atoms with Crippen molar-refractivity contribution in [3.8, 4) is 94.8 Å². The minimum absolute atomic E-state index is 0.161. The summed E-state index contributed by atoms with van der Waals surface area (Å²) in [5, 5.41) is 17.3. The summed E-state index contributed by atoms with van der Waals surface area (Å²) >= 11 is 0. The smallest absolute Gasteiger partial charge is 0.508 e. The van der Waals surface area contributed by atoms with E-state index in [1.807, 2.05) is 12.1 Å². The van der Waals surface area contributed by atoms with Crippen LogP contribution in [0.1, 0.15) is 55.5 Å². The van der Waals surface area contributed by atoms with Crippen molar-refractivity contribution < 1.29 is 62.0 Å². The van der Waals surface area contributed by atoms with Gasteiger partial charge in [0.05, 0.1) is 0 Å². The minimum atomic E-state index is -6.44. The lowest BCUT2D eigenvalue weighted by Gasteiger charge is -2.28. The van der Waals surface area contributed by atoms with E-state index in [1.165, 1.54) is 127 Å². The number of alkyl halides is 6. The minimum Gasteiger partial charge on any atom is -0.508 e. The van der Waals surface area contributed by atoms with Gasteiger partial charge in [0, 0.05) is 45.0 Å². The van der Waals surface area contributed by atoms with Crippen molar-refractivity contribution in [1.82, 2.24) is 0 Å². The molecule has 0 radical (unpaired) electrons. The zero-order valence-corrected chi connectivity index (χ0v) is 66.6. The largest absolute Gasteiger partial charge is 0.525 e. The van der Waals surface area contributed by atoms with Crippen molar-refractivity contribution in [3.05, 3.63) is 392 Å². The lowest BCUT2D eigenvalue weighted by molar-refractivity contribution is -0.413. The summed E-state index contributed by atoms with van der Waals surface area (Å²) in [6.07, 6.45) is 0. The van der Waals surface area contributed by atoms with Gasteiger partial charge in [-0.3, -0.25) is 0 Å². The number of fused-ring (bicyclic) bond motifs is 8. The number of benzene rings is 16. The van der Waals surface area contributed by atoms with E-state index in [2.05, 4.69) is 398 Å². The highest BCUT2D eigenvalue weighted by Gasteiger charge is 2.52. The summed E-state index contributed by atoms with van der Waals surface area (Å²) in [5.74, 6) is 0.270. The number of hydrogen-bond donors (Lipinski definition) is 1. The molecule has 0 saturated carbocycles. The zero-order valence-electron chi connectivity index (χ0n) is 64.9. The van der Waals surface area contributed by atoms with Crippen LogP contribution in [0.25, 0.3) is 111 Å². The molecular formula is C101H76F6N2O8S2. The number of aromatic hydroxyl groups is 1. The van der Waals surface area contributed by atoms with E-state index in [9.17, 15) is 48.3 Å². The number of hydrogen-bond acceptors (Lipinski definition) is 10. The van der Waals surface area contributed by atoms with Gasteiger partial charge in [-0.1, -0.05) is 297 Å². The maximum Gasteiger partial charge on any atom is 0.525 e. The first-order valence-electron chi connectivity index (χ1n) is 38.3. The number of rotatable bonds is 16. The fourth-order valence-corrected chi connectivity index (χ4v) is 16.1. The molecule has 0 aromatic heterocycles. The van der Waals surface area contributed by atoms with Crippen LogP contribution in [0.15, 0.2) is 364 Å². The van der Waals surface area contributed by atoms with Crippen LogP contribution in [0.2, 0.25) is 0 Å². The van der Waals surface area contributed by atoms with E-state index >= 15 is 0 Å². The number of phenols is 1. The molecule has 592 valence electrons. The van der Waals surface area contributed by atoms with E-state index in [0.29, 0.717) is 0 Å². The molecule has 119 heavy (non-hydrogen) atoms. The van der Waals surface area contributed by atoms with Crippen molar-refractivity contribution in [3.63, 3.8) is 0 Å². The van der Waals surface area contributed by atoms with Gasteiger partial charge in [-0.25, -0.2) is 0 Å². The van der Waals surface area contributed by atoms with Crippen LogP contribution in [0.5, 0.6) is 5.75 Å². The molecule has 18 heteroatoms. The Morgan fingerprint density at radius 1 is 0.269 bits per heavy atom. The SMILES string of the molecule is CC1(C)c2cc(-c3ccc4ccccc4c3)ccc2-c2ccc(N(c3ccc(-c4ccccc4)cc3)c3ccc(-c4ccc(O)cc4)cc3)cc21.Cc1ccc(-c2ccc(N(c3ccc(-c4ccccc4)cc3)c3ccc4c(c3)C(C)(C)c3cc(-c5ccc6ccccc6c5)ccc3-4)cc2)cc1.O=S(=O)(OOOS(=O)(=O)C(F)(F)F)C(F)(F)F. The second-order valence-corrected chi connectivity index (χ2v) is 33.4.